The SMILES string of the molecule is O=C(c1ccc(F)cc1[N+](=O)[O-])N1CCCCC1CCO. The van der Waals surface area contributed by atoms with Crippen molar-refractivity contribution in [3.8, 4) is 0 Å². The van der Waals surface area contributed by atoms with Gasteiger partial charge in [0.15, 0.2) is 0 Å². The van der Waals surface area contributed by atoms with Crippen molar-refractivity contribution in [2.45, 2.75) is 31.7 Å². The van der Waals surface area contributed by atoms with Gasteiger partial charge in [-0.3, -0.25) is 14.9 Å². The van der Waals surface area contributed by atoms with E-state index in [9.17, 15) is 19.3 Å². The lowest BCUT2D eigenvalue weighted by Gasteiger charge is -2.35. The molecule has 1 heterocycles. The van der Waals surface area contributed by atoms with Crippen LogP contribution in [-0.4, -0.2) is 40.0 Å². The number of likely N-dealkylation sites (tertiary alicyclic amines) is 1. The molecular formula is C14H17FN2O4. The van der Waals surface area contributed by atoms with Crippen molar-refractivity contribution in [3.05, 3.63) is 39.7 Å². The van der Waals surface area contributed by atoms with Crippen LogP contribution in [0.2, 0.25) is 0 Å². The third-order valence-electron chi connectivity index (χ3n) is 3.74. The van der Waals surface area contributed by atoms with Gasteiger partial charge in [0, 0.05) is 19.2 Å². The Kier molecular flexibility index (Phi) is 4.85. The molecule has 1 unspecified atom stereocenters. The Bertz CT molecular complexity index is 548. The Morgan fingerprint density at radius 1 is 1.48 bits per heavy atom. The summed E-state index contributed by atoms with van der Waals surface area (Å²) >= 11 is 0. The lowest BCUT2D eigenvalue weighted by Crippen LogP contribution is -2.44. The minimum Gasteiger partial charge on any atom is -0.396 e. The van der Waals surface area contributed by atoms with Crippen molar-refractivity contribution in [2.24, 2.45) is 0 Å². The average molecular weight is 296 g/mol. The summed E-state index contributed by atoms with van der Waals surface area (Å²) in [5.41, 5.74) is -0.625. The number of nitro groups is 1. The zero-order valence-corrected chi connectivity index (χ0v) is 11.5. The number of carbonyl (C=O) groups is 1. The van der Waals surface area contributed by atoms with Gasteiger partial charge in [-0.15, -0.1) is 0 Å². The van der Waals surface area contributed by atoms with Crippen LogP contribution in [0.3, 0.4) is 0 Å². The second kappa shape index (κ2) is 6.62. The zero-order chi connectivity index (χ0) is 15.4. The van der Waals surface area contributed by atoms with E-state index in [1.54, 1.807) is 4.90 Å². The van der Waals surface area contributed by atoms with Crippen molar-refractivity contribution < 1.29 is 19.2 Å². The Balaban J connectivity index is 2.32. The predicted molar refractivity (Wildman–Crippen MR) is 73.4 cm³/mol. The van der Waals surface area contributed by atoms with Crippen molar-refractivity contribution in [1.82, 2.24) is 4.90 Å². The van der Waals surface area contributed by atoms with Gasteiger partial charge in [-0.2, -0.15) is 0 Å². The third kappa shape index (κ3) is 3.36. The largest absolute Gasteiger partial charge is 0.396 e. The second-order valence-electron chi connectivity index (χ2n) is 5.08. The number of aliphatic hydroxyl groups is 1. The Labute approximate surface area is 121 Å². The molecule has 2 rings (SSSR count). The fourth-order valence-corrected chi connectivity index (χ4v) is 2.71. The van der Waals surface area contributed by atoms with Crippen LogP contribution in [-0.2, 0) is 0 Å². The van der Waals surface area contributed by atoms with E-state index in [2.05, 4.69) is 0 Å². The number of hydrogen-bond donors (Lipinski definition) is 1. The van der Waals surface area contributed by atoms with E-state index in [-0.39, 0.29) is 18.2 Å². The first-order valence-corrected chi connectivity index (χ1v) is 6.90. The summed E-state index contributed by atoms with van der Waals surface area (Å²) in [4.78, 5) is 24.3. The normalized spacial score (nSPS) is 18.6. The lowest BCUT2D eigenvalue weighted by molar-refractivity contribution is -0.385. The maximum absolute atomic E-state index is 13.1. The Hall–Kier alpha value is -2.02. The van der Waals surface area contributed by atoms with Crippen LogP contribution in [0.1, 0.15) is 36.0 Å². The number of aliphatic hydroxyl groups excluding tert-OH is 1. The van der Waals surface area contributed by atoms with Gasteiger partial charge in [-0.1, -0.05) is 0 Å². The highest BCUT2D eigenvalue weighted by atomic mass is 19.1. The fraction of sp³-hybridized carbons (Fsp3) is 0.500. The minimum absolute atomic E-state index is 0.0417. The second-order valence-corrected chi connectivity index (χ2v) is 5.08. The monoisotopic (exact) mass is 296 g/mol. The van der Waals surface area contributed by atoms with Gasteiger partial charge in [-0.05, 0) is 37.8 Å². The molecule has 1 N–H and O–H groups in total. The number of benzene rings is 1. The summed E-state index contributed by atoms with van der Waals surface area (Å²) in [6.07, 6.45) is 2.99. The van der Waals surface area contributed by atoms with Gasteiger partial charge in [0.1, 0.15) is 11.4 Å². The van der Waals surface area contributed by atoms with Gasteiger partial charge < -0.3 is 10.0 Å². The molecule has 0 spiro atoms. The van der Waals surface area contributed by atoms with Crippen LogP contribution in [0, 0.1) is 15.9 Å². The van der Waals surface area contributed by atoms with Gasteiger partial charge in [0.05, 0.1) is 11.0 Å². The summed E-state index contributed by atoms with van der Waals surface area (Å²) in [5.74, 6) is -1.22. The number of nitro benzene ring substituents is 1. The van der Waals surface area contributed by atoms with Crippen LogP contribution in [0.15, 0.2) is 18.2 Å². The summed E-state index contributed by atoms with van der Waals surface area (Å²) < 4.78 is 13.1. The fourth-order valence-electron chi connectivity index (χ4n) is 2.71. The molecule has 1 amide bonds. The molecule has 7 heteroatoms. The van der Waals surface area contributed by atoms with E-state index in [0.717, 1.165) is 37.5 Å². The summed E-state index contributed by atoms with van der Waals surface area (Å²) in [7, 11) is 0. The molecule has 0 bridgehead atoms. The van der Waals surface area contributed by atoms with Crippen LogP contribution < -0.4 is 0 Å². The summed E-state index contributed by atoms with van der Waals surface area (Å²) in [6, 6.07) is 2.84. The van der Waals surface area contributed by atoms with E-state index in [4.69, 9.17) is 5.11 Å². The quantitative estimate of drug-likeness (QED) is 0.681. The average Bonchev–Trinajstić information content (AvgIpc) is 2.47. The predicted octanol–water partition coefficient (Wildman–Crippen LogP) is 2.11. The molecule has 1 aromatic carbocycles. The molecule has 6 nitrogen and oxygen atoms in total. The Morgan fingerprint density at radius 3 is 2.90 bits per heavy atom. The van der Waals surface area contributed by atoms with E-state index in [1.165, 1.54) is 0 Å². The molecule has 1 atom stereocenters. The minimum atomic E-state index is -0.749. The van der Waals surface area contributed by atoms with Crippen molar-refractivity contribution >= 4 is 11.6 Å². The third-order valence-corrected chi connectivity index (χ3v) is 3.74. The van der Waals surface area contributed by atoms with Crippen molar-refractivity contribution in [3.63, 3.8) is 0 Å². The molecule has 1 aliphatic rings. The van der Waals surface area contributed by atoms with E-state index in [1.807, 2.05) is 0 Å². The number of nitrogens with zero attached hydrogens (tertiary/aromatic N) is 2. The maximum atomic E-state index is 13.1. The smallest absolute Gasteiger partial charge is 0.285 e. The van der Waals surface area contributed by atoms with Crippen LogP contribution in [0.5, 0.6) is 0 Å². The highest BCUT2D eigenvalue weighted by Crippen LogP contribution is 2.26. The van der Waals surface area contributed by atoms with E-state index >= 15 is 0 Å². The van der Waals surface area contributed by atoms with Crippen LogP contribution in [0.4, 0.5) is 10.1 Å². The highest BCUT2D eigenvalue weighted by molar-refractivity contribution is 5.98. The topological polar surface area (TPSA) is 83.7 Å². The number of amides is 1. The first-order chi connectivity index (χ1) is 10.0. The van der Waals surface area contributed by atoms with E-state index in [0.29, 0.717) is 13.0 Å². The Morgan fingerprint density at radius 2 is 2.24 bits per heavy atom. The van der Waals surface area contributed by atoms with Crippen LogP contribution in [0.25, 0.3) is 0 Å². The molecule has 1 fully saturated rings. The molecular weight excluding hydrogens is 279 g/mol. The first-order valence-electron chi connectivity index (χ1n) is 6.90. The number of hydrogen-bond acceptors (Lipinski definition) is 4. The van der Waals surface area contributed by atoms with Gasteiger partial charge in [-0.25, -0.2) is 4.39 Å². The van der Waals surface area contributed by atoms with Crippen molar-refractivity contribution in [2.75, 3.05) is 13.2 Å². The maximum Gasteiger partial charge on any atom is 0.285 e. The molecule has 1 saturated heterocycles. The van der Waals surface area contributed by atoms with Crippen LogP contribution >= 0.6 is 0 Å². The van der Waals surface area contributed by atoms with Gasteiger partial charge >= 0.3 is 0 Å². The van der Waals surface area contributed by atoms with Crippen molar-refractivity contribution in [1.29, 1.82) is 0 Å². The summed E-state index contributed by atoms with van der Waals surface area (Å²) in [6.45, 7) is 0.456. The number of carbonyl (C=O) groups excluding carboxylic acids is 1. The lowest BCUT2D eigenvalue weighted by atomic mass is 9.98. The molecule has 1 aliphatic heterocycles. The molecule has 0 aliphatic carbocycles. The molecule has 0 aromatic heterocycles. The number of halogens is 1. The zero-order valence-electron chi connectivity index (χ0n) is 11.5. The molecule has 1 aromatic rings. The molecule has 21 heavy (non-hydrogen) atoms. The molecule has 114 valence electrons. The summed E-state index contributed by atoms with van der Waals surface area (Å²) in [5, 5.41) is 20.1. The highest BCUT2D eigenvalue weighted by Gasteiger charge is 2.31. The number of rotatable bonds is 4. The first kappa shape index (κ1) is 15.4. The number of piperidine rings is 1. The van der Waals surface area contributed by atoms with Gasteiger partial charge in [0.25, 0.3) is 11.6 Å². The molecule has 0 radical (unpaired) electrons. The van der Waals surface area contributed by atoms with Gasteiger partial charge in [0.2, 0.25) is 0 Å². The molecule has 0 saturated carbocycles. The standard InChI is InChI=1S/C14H17FN2O4/c15-10-4-5-12(13(9-10)17(20)21)14(19)16-7-2-1-3-11(16)6-8-18/h4-5,9,11,18H,1-3,6-8H2. The van der Waals surface area contributed by atoms with E-state index < -0.39 is 22.3 Å².